The summed E-state index contributed by atoms with van der Waals surface area (Å²) in [7, 11) is 0. The van der Waals surface area contributed by atoms with Crippen molar-refractivity contribution in [1.29, 1.82) is 0 Å². The molecule has 0 atom stereocenters. The van der Waals surface area contributed by atoms with Gasteiger partial charge in [-0.2, -0.15) is 0 Å². The van der Waals surface area contributed by atoms with Crippen LogP contribution in [0.15, 0.2) is 38.1 Å². The van der Waals surface area contributed by atoms with Gasteiger partial charge in [0.15, 0.2) is 6.61 Å². The number of ether oxygens (including phenoxy) is 1. The first-order valence-corrected chi connectivity index (χ1v) is 8.63. The number of aryl methyl sites for hydroxylation is 3. The lowest BCUT2D eigenvalue weighted by atomic mass is 10.2. The molecule has 0 saturated carbocycles. The van der Waals surface area contributed by atoms with E-state index in [1.54, 1.807) is 19.1 Å². The Morgan fingerprint density at radius 3 is 2.68 bits per heavy atom. The number of aromatic nitrogens is 3. The van der Waals surface area contributed by atoms with Gasteiger partial charge >= 0.3 is 5.97 Å². The lowest BCUT2D eigenvalue weighted by Gasteiger charge is -2.08. The smallest absolute Gasteiger partial charge is 0.339 e. The molecule has 0 unspecified atom stereocenters. The highest BCUT2D eigenvalue weighted by molar-refractivity contribution is 7.98. The maximum Gasteiger partial charge on any atom is 0.339 e. The Kier molecular flexibility index (Phi) is 5.18. The summed E-state index contributed by atoms with van der Waals surface area (Å²) >= 11 is 1.53. The molecule has 3 aromatic rings. The van der Waals surface area contributed by atoms with Crippen LogP contribution in [0.25, 0.3) is 0 Å². The Bertz CT molecular complexity index is 868. The van der Waals surface area contributed by atoms with Crippen LogP contribution in [0.1, 0.15) is 39.2 Å². The maximum absolute atomic E-state index is 12.4. The first-order valence-electron chi connectivity index (χ1n) is 7.64. The number of nitrogens with zero attached hydrogens (tertiary/aromatic N) is 3. The second kappa shape index (κ2) is 7.52. The molecule has 2 heterocycles. The van der Waals surface area contributed by atoms with E-state index in [9.17, 15) is 4.79 Å². The van der Waals surface area contributed by atoms with Gasteiger partial charge in [0.1, 0.15) is 5.76 Å². The predicted molar refractivity (Wildman–Crippen MR) is 90.1 cm³/mol. The molecule has 0 N–H and O–H groups in total. The summed E-state index contributed by atoms with van der Waals surface area (Å²) in [6, 6.07) is 7.30. The molecule has 0 spiro atoms. The van der Waals surface area contributed by atoms with Crippen LogP contribution in [-0.2, 0) is 17.1 Å². The van der Waals surface area contributed by atoms with E-state index in [4.69, 9.17) is 13.7 Å². The summed E-state index contributed by atoms with van der Waals surface area (Å²) in [5.74, 6) is 1.72. The van der Waals surface area contributed by atoms with E-state index in [1.165, 1.54) is 11.8 Å². The zero-order valence-electron chi connectivity index (χ0n) is 14.1. The Hall–Kier alpha value is -2.61. The molecule has 8 heteroatoms. The molecule has 0 aliphatic heterocycles. The number of carbonyl (C=O) groups is 1. The summed E-state index contributed by atoms with van der Waals surface area (Å²) in [6.07, 6.45) is 0. The number of carbonyl (C=O) groups excluding carboxylic acids is 1. The average molecular weight is 359 g/mol. The van der Waals surface area contributed by atoms with Crippen molar-refractivity contribution >= 4 is 17.7 Å². The summed E-state index contributed by atoms with van der Waals surface area (Å²) in [5, 5.41) is 11.5. The van der Waals surface area contributed by atoms with Crippen LogP contribution < -0.4 is 0 Å². The van der Waals surface area contributed by atoms with Gasteiger partial charge in [-0.25, -0.2) is 4.79 Å². The molecule has 25 heavy (non-hydrogen) atoms. The molecular formula is C17H17N3O4S. The molecule has 0 fully saturated rings. The van der Waals surface area contributed by atoms with Gasteiger partial charge in [-0.15, -0.1) is 22.0 Å². The summed E-state index contributed by atoms with van der Waals surface area (Å²) < 4.78 is 15.6. The van der Waals surface area contributed by atoms with Gasteiger partial charge in [0.2, 0.25) is 5.89 Å². The normalized spacial score (nSPS) is 10.8. The summed E-state index contributed by atoms with van der Waals surface area (Å²) in [5.41, 5.74) is 2.39. The van der Waals surface area contributed by atoms with Crippen LogP contribution in [0.4, 0.5) is 0 Å². The Balaban J connectivity index is 1.68. The monoisotopic (exact) mass is 359 g/mol. The largest absolute Gasteiger partial charge is 0.452 e. The minimum absolute atomic E-state index is 0.0530. The molecule has 0 bridgehead atoms. The second-order valence-corrected chi connectivity index (χ2v) is 6.40. The van der Waals surface area contributed by atoms with E-state index in [2.05, 4.69) is 15.4 Å². The molecule has 0 amide bonds. The van der Waals surface area contributed by atoms with Crippen molar-refractivity contribution in [2.24, 2.45) is 0 Å². The predicted octanol–water partition coefficient (Wildman–Crippen LogP) is 3.63. The first-order chi connectivity index (χ1) is 12.0. The number of benzene rings is 1. The van der Waals surface area contributed by atoms with Gasteiger partial charge < -0.3 is 13.7 Å². The third-order valence-electron chi connectivity index (χ3n) is 3.55. The van der Waals surface area contributed by atoms with Crippen LogP contribution in [0.5, 0.6) is 0 Å². The van der Waals surface area contributed by atoms with Crippen LogP contribution in [0.2, 0.25) is 0 Å². The number of rotatable bonds is 6. The molecule has 7 nitrogen and oxygen atoms in total. The zero-order valence-corrected chi connectivity index (χ0v) is 14.9. The van der Waals surface area contributed by atoms with Crippen LogP contribution in [0.3, 0.4) is 0 Å². The second-order valence-electron chi connectivity index (χ2n) is 5.38. The molecule has 0 radical (unpaired) electrons. The van der Waals surface area contributed by atoms with Gasteiger partial charge in [0.05, 0.1) is 11.3 Å². The fourth-order valence-electron chi connectivity index (χ4n) is 2.22. The number of hydrogen-bond acceptors (Lipinski definition) is 8. The first kappa shape index (κ1) is 17.2. The maximum atomic E-state index is 12.4. The summed E-state index contributed by atoms with van der Waals surface area (Å²) in [6.45, 7) is 5.41. The minimum atomic E-state index is -0.433. The topological polar surface area (TPSA) is 91.2 Å². The van der Waals surface area contributed by atoms with Crippen molar-refractivity contribution in [2.75, 3.05) is 0 Å². The Morgan fingerprint density at radius 2 is 2.00 bits per heavy atom. The van der Waals surface area contributed by atoms with Crippen LogP contribution in [0, 0.1) is 20.8 Å². The third-order valence-corrected chi connectivity index (χ3v) is 4.65. The van der Waals surface area contributed by atoms with Gasteiger partial charge in [0, 0.05) is 23.1 Å². The van der Waals surface area contributed by atoms with E-state index in [0.717, 1.165) is 21.9 Å². The van der Waals surface area contributed by atoms with Crippen molar-refractivity contribution < 1.29 is 18.5 Å². The fraction of sp³-hybridized carbons (Fsp3) is 0.294. The van der Waals surface area contributed by atoms with Gasteiger partial charge in [-0.3, -0.25) is 0 Å². The lowest BCUT2D eigenvalue weighted by Crippen LogP contribution is -2.07. The van der Waals surface area contributed by atoms with Crippen LogP contribution >= 0.6 is 11.8 Å². The molecule has 0 saturated heterocycles. The van der Waals surface area contributed by atoms with E-state index in [-0.39, 0.29) is 12.5 Å². The van der Waals surface area contributed by atoms with E-state index in [0.29, 0.717) is 17.2 Å². The van der Waals surface area contributed by atoms with Crippen LogP contribution in [-0.4, -0.2) is 21.3 Å². The van der Waals surface area contributed by atoms with Crippen molar-refractivity contribution in [3.8, 4) is 0 Å². The highest BCUT2D eigenvalue weighted by Crippen LogP contribution is 2.29. The molecule has 130 valence electrons. The highest BCUT2D eigenvalue weighted by atomic mass is 32.2. The Morgan fingerprint density at radius 1 is 1.20 bits per heavy atom. The van der Waals surface area contributed by atoms with Gasteiger partial charge in [0.25, 0.3) is 5.89 Å². The zero-order chi connectivity index (χ0) is 17.8. The van der Waals surface area contributed by atoms with Gasteiger partial charge in [-0.1, -0.05) is 17.3 Å². The molecule has 2 aromatic heterocycles. The quantitative estimate of drug-likeness (QED) is 0.487. The van der Waals surface area contributed by atoms with Crippen molar-refractivity contribution in [2.45, 2.75) is 38.0 Å². The minimum Gasteiger partial charge on any atom is -0.452 e. The number of hydrogen-bond donors (Lipinski definition) is 0. The van der Waals surface area contributed by atoms with E-state index < -0.39 is 5.97 Å². The van der Waals surface area contributed by atoms with E-state index >= 15 is 0 Å². The fourth-order valence-corrected chi connectivity index (χ4v) is 3.41. The number of thioether (sulfide) groups is 1. The Labute approximate surface area is 148 Å². The van der Waals surface area contributed by atoms with Gasteiger partial charge in [-0.05, 0) is 26.0 Å². The van der Waals surface area contributed by atoms with Crippen molar-refractivity contribution in [3.05, 3.63) is 58.6 Å². The van der Waals surface area contributed by atoms with Crippen molar-refractivity contribution in [3.63, 3.8) is 0 Å². The molecule has 0 aliphatic rings. The molecular weight excluding hydrogens is 342 g/mol. The SMILES string of the molecule is Cc1nnc(COC(=O)c2ccccc2SCc2c(C)noc2C)o1. The standard InChI is InChI=1S/C17H17N3O4S/c1-10-14(11(2)24-20-10)9-25-15-7-5-4-6-13(15)17(21)22-8-16-19-18-12(3)23-16/h4-7H,8-9H2,1-3H3. The highest BCUT2D eigenvalue weighted by Gasteiger charge is 2.16. The molecule has 1 aromatic carbocycles. The number of esters is 1. The van der Waals surface area contributed by atoms with Crippen molar-refractivity contribution in [1.82, 2.24) is 15.4 Å². The lowest BCUT2D eigenvalue weighted by molar-refractivity contribution is 0.0432. The third kappa shape index (κ3) is 4.08. The average Bonchev–Trinajstić information content (AvgIpc) is 3.17. The molecule has 0 aliphatic carbocycles. The summed E-state index contributed by atoms with van der Waals surface area (Å²) in [4.78, 5) is 13.2. The molecule has 3 rings (SSSR count). The van der Waals surface area contributed by atoms with E-state index in [1.807, 2.05) is 26.0 Å².